The number of hydrogen-bond donors (Lipinski definition) is 0. The number of halogens is 4. The van der Waals surface area contributed by atoms with E-state index >= 15 is 0 Å². The lowest BCUT2D eigenvalue weighted by Gasteiger charge is -2.12. The summed E-state index contributed by atoms with van der Waals surface area (Å²) in [5, 5.41) is 7.85. The topological polar surface area (TPSA) is 69.4 Å². The van der Waals surface area contributed by atoms with Crippen molar-refractivity contribution in [1.82, 2.24) is 19.6 Å². The van der Waals surface area contributed by atoms with Crippen LogP contribution < -0.4 is 0 Å². The van der Waals surface area contributed by atoms with Gasteiger partial charge in [-0.05, 0) is 23.8 Å². The maximum atomic E-state index is 13.4. The Kier molecular flexibility index (Phi) is 5.05. The highest BCUT2D eigenvalue weighted by molar-refractivity contribution is 7.98. The van der Waals surface area contributed by atoms with Crippen molar-refractivity contribution in [2.75, 3.05) is 7.11 Å². The molecule has 0 unspecified atom stereocenters. The van der Waals surface area contributed by atoms with Crippen LogP contribution in [0.3, 0.4) is 0 Å². The summed E-state index contributed by atoms with van der Waals surface area (Å²) in [5.41, 5.74) is -0.563. The first-order valence-corrected chi connectivity index (χ1v) is 8.44. The summed E-state index contributed by atoms with van der Waals surface area (Å²) >= 11 is 6.74. The molecule has 0 saturated carbocycles. The van der Waals surface area contributed by atoms with Crippen LogP contribution in [0.4, 0.5) is 13.2 Å². The van der Waals surface area contributed by atoms with Crippen molar-refractivity contribution in [1.29, 1.82) is 0 Å². The molecule has 11 heteroatoms. The molecule has 3 aromatic rings. The van der Waals surface area contributed by atoms with Crippen molar-refractivity contribution in [3.63, 3.8) is 0 Å². The van der Waals surface area contributed by atoms with E-state index in [1.807, 2.05) is 0 Å². The molecule has 0 spiro atoms. The van der Waals surface area contributed by atoms with Crippen LogP contribution in [0.5, 0.6) is 0 Å². The first-order chi connectivity index (χ1) is 12.3. The molecule has 0 bridgehead atoms. The molecule has 3 rings (SSSR count). The number of fused-ring (bicyclic) bond motifs is 1. The highest BCUT2D eigenvalue weighted by Crippen LogP contribution is 2.33. The molecule has 0 N–H and O–H groups in total. The molecule has 3 aromatic heterocycles. The van der Waals surface area contributed by atoms with Gasteiger partial charge in [0.25, 0.3) is 0 Å². The maximum Gasteiger partial charge on any atom is 0.431 e. The quantitative estimate of drug-likeness (QED) is 0.375. The lowest BCUT2D eigenvalue weighted by atomic mass is 10.2. The Morgan fingerprint density at radius 3 is 2.65 bits per heavy atom. The van der Waals surface area contributed by atoms with E-state index in [9.17, 15) is 18.0 Å². The standard InChI is InChI=1S/C15H10ClF3N4O2S/c1-25-13(24)9-3-4-10(15(17,18)19)23-12(9)21-22-14(23)26-7-8-2-5-11(16)20-6-8/h2-6H,7H2,1H3. The van der Waals surface area contributed by atoms with Crippen molar-refractivity contribution < 1.29 is 22.7 Å². The summed E-state index contributed by atoms with van der Waals surface area (Å²) in [6, 6.07) is 5.11. The number of pyridine rings is 2. The van der Waals surface area contributed by atoms with E-state index in [2.05, 4.69) is 19.9 Å². The highest BCUT2D eigenvalue weighted by atomic mass is 35.5. The Balaban J connectivity index is 2.04. The molecule has 0 aliphatic heterocycles. The van der Waals surface area contributed by atoms with Crippen molar-refractivity contribution in [2.45, 2.75) is 17.1 Å². The summed E-state index contributed by atoms with van der Waals surface area (Å²) in [7, 11) is 1.13. The predicted octanol–water partition coefficient (Wildman–Crippen LogP) is 3.88. The second-order valence-corrected chi connectivity index (χ2v) is 6.37. The fourth-order valence-corrected chi connectivity index (χ4v) is 3.19. The van der Waals surface area contributed by atoms with Gasteiger partial charge in [-0.2, -0.15) is 13.2 Å². The number of thioether (sulfide) groups is 1. The fraction of sp³-hybridized carbons (Fsp3) is 0.200. The number of alkyl halides is 3. The van der Waals surface area contributed by atoms with Crippen molar-refractivity contribution in [3.05, 3.63) is 52.4 Å². The van der Waals surface area contributed by atoms with Crippen LogP contribution in [0, 0.1) is 0 Å². The molecule has 0 atom stereocenters. The molecule has 3 heterocycles. The molecular formula is C15H10ClF3N4O2S. The van der Waals surface area contributed by atoms with E-state index in [0.717, 1.165) is 41.0 Å². The first kappa shape index (κ1) is 18.5. The summed E-state index contributed by atoms with van der Waals surface area (Å²) in [6.07, 6.45) is -3.13. The Labute approximate surface area is 154 Å². The van der Waals surface area contributed by atoms with Crippen LogP contribution in [0.1, 0.15) is 21.6 Å². The third-order valence-corrected chi connectivity index (χ3v) is 4.60. The predicted molar refractivity (Wildman–Crippen MR) is 88.1 cm³/mol. The maximum absolute atomic E-state index is 13.4. The number of rotatable bonds is 4. The number of carbonyl (C=O) groups is 1. The van der Waals surface area contributed by atoms with Crippen LogP contribution in [0.2, 0.25) is 5.15 Å². The van der Waals surface area contributed by atoms with Gasteiger partial charge in [0.1, 0.15) is 16.4 Å². The summed E-state index contributed by atoms with van der Waals surface area (Å²) in [5.74, 6) is -0.500. The van der Waals surface area contributed by atoms with Gasteiger partial charge in [-0.25, -0.2) is 9.78 Å². The van der Waals surface area contributed by atoms with Gasteiger partial charge in [0.2, 0.25) is 0 Å². The molecule has 0 aliphatic rings. The van der Waals surface area contributed by atoms with E-state index in [4.69, 9.17) is 11.6 Å². The third-order valence-electron chi connectivity index (χ3n) is 3.38. The second kappa shape index (κ2) is 7.12. The first-order valence-electron chi connectivity index (χ1n) is 7.08. The van der Waals surface area contributed by atoms with Crippen molar-refractivity contribution >= 4 is 35.0 Å². The van der Waals surface area contributed by atoms with Crippen LogP contribution in [-0.2, 0) is 16.7 Å². The van der Waals surface area contributed by atoms with E-state index in [1.54, 1.807) is 12.1 Å². The van der Waals surface area contributed by atoms with Gasteiger partial charge in [-0.1, -0.05) is 29.4 Å². The lowest BCUT2D eigenvalue weighted by Crippen LogP contribution is -2.14. The zero-order valence-electron chi connectivity index (χ0n) is 13.1. The minimum Gasteiger partial charge on any atom is -0.465 e. The minimum atomic E-state index is -4.65. The van der Waals surface area contributed by atoms with Gasteiger partial charge in [0.05, 0.1) is 7.11 Å². The van der Waals surface area contributed by atoms with Gasteiger partial charge in [0.15, 0.2) is 10.8 Å². The van der Waals surface area contributed by atoms with Crippen LogP contribution in [0.15, 0.2) is 35.6 Å². The molecule has 0 aliphatic carbocycles. The third kappa shape index (κ3) is 3.61. The average molecular weight is 403 g/mol. The molecule has 0 amide bonds. The molecule has 0 radical (unpaired) electrons. The Morgan fingerprint density at radius 2 is 2.04 bits per heavy atom. The van der Waals surface area contributed by atoms with E-state index < -0.39 is 17.8 Å². The van der Waals surface area contributed by atoms with Crippen molar-refractivity contribution in [3.8, 4) is 0 Å². The van der Waals surface area contributed by atoms with E-state index in [-0.39, 0.29) is 16.4 Å². The summed E-state index contributed by atoms with van der Waals surface area (Å²) < 4.78 is 45.5. The second-order valence-electron chi connectivity index (χ2n) is 5.04. The zero-order valence-corrected chi connectivity index (χ0v) is 14.7. The molecule has 136 valence electrons. The summed E-state index contributed by atoms with van der Waals surface area (Å²) in [6.45, 7) is 0. The van der Waals surface area contributed by atoms with Gasteiger partial charge < -0.3 is 4.74 Å². The smallest absolute Gasteiger partial charge is 0.431 e. The zero-order chi connectivity index (χ0) is 18.9. The fourth-order valence-electron chi connectivity index (χ4n) is 2.20. The largest absolute Gasteiger partial charge is 0.465 e. The summed E-state index contributed by atoms with van der Waals surface area (Å²) in [4.78, 5) is 15.7. The number of hydrogen-bond acceptors (Lipinski definition) is 6. The number of esters is 1. The van der Waals surface area contributed by atoms with Crippen molar-refractivity contribution in [2.24, 2.45) is 0 Å². The van der Waals surface area contributed by atoms with Crippen LogP contribution in [0.25, 0.3) is 5.65 Å². The van der Waals surface area contributed by atoms with Gasteiger partial charge >= 0.3 is 12.1 Å². The number of aromatic nitrogens is 4. The molecule has 6 nitrogen and oxygen atoms in total. The number of nitrogens with zero attached hydrogens (tertiary/aromatic N) is 4. The monoisotopic (exact) mass is 402 g/mol. The number of methoxy groups -OCH3 is 1. The molecule has 0 saturated heterocycles. The highest BCUT2D eigenvalue weighted by Gasteiger charge is 2.36. The minimum absolute atomic E-state index is 0.00646. The molecular weight excluding hydrogens is 393 g/mol. The Bertz CT molecular complexity index is 960. The molecule has 0 aromatic carbocycles. The number of ether oxygens (including phenoxy) is 1. The Morgan fingerprint density at radius 1 is 1.27 bits per heavy atom. The Hall–Kier alpha value is -2.33. The van der Waals surface area contributed by atoms with Crippen LogP contribution in [-0.4, -0.2) is 32.7 Å². The molecule has 0 fully saturated rings. The van der Waals surface area contributed by atoms with Gasteiger partial charge in [-0.15, -0.1) is 10.2 Å². The van der Waals surface area contributed by atoms with Crippen LogP contribution >= 0.6 is 23.4 Å². The lowest BCUT2D eigenvalue weighted by molar-refractivity contribution is -0.142. The SMILES string of the molecule is COC(=O)c1ccc(C(F)(F)F)n2c(SCc3ccc(Cl)nc3)nnc12. The van der Waals surface area contributed by atoms with E-state index in [0.29, 0.717) is 10.9 Å². The van der Waals surface area contributed by atoms with Gasteiger partial charge in [-0.3, -0.25) is 4.40 Å². The van der Waals surface area contributed by atoms with Gasteiger partial charge in [0, 0.05) is 11.9 Å². The van der Waals surface area contributed by atoms with E-state index in [1.165, 1.54) is 6.20 Å². The average Bonchev–Trinajstić information content (AvgIpc) is 3.03. The molecule has 26 heavy (non-hydrogen) atoms. The number of carbonyl (C=O) groups excluding carboxylic acids is 1. The normalized spacial score (nSPS) is 11.7.